The summed E-state index contributed by atoms with van der Waals surface area (Å²) in [5.41, 5.74) is 0.631. The molecule has 134 valence electrons. The van der Waals surface area contributed by atoms with Gasteiger partial charge in [-0.05, 0) is 31.4 Å². The number of carboxylic acid groups (broad SMARTS) is 1. The van der Waals surface area contributed by atoms with Crippen LogP contribution in [0.4, 0.5) is 5.69 Å². The standard InChI is InChI=1S/C18H22N2O5/c1-11-17(22)20(14-4-2-3-5-15(14)25-11)9-8-16(21)19-13(18(23)24)10-12-6-7-12/h2-5,11-13H,6-10H2,1H3,(H,19,21)(H,23,24). The predicted octanol–water partition coefficient (Wildman–Crippen LogP) is 1.56. The highest BCUT2D eigenvalue weighted by Crippen LogP contribution is 2.34. The Bertz CT molecular complexity index is 686. The van der Waals surface area contributed by atoms with Crippen LogP contribution in [-0.4, -0.2) is 41.6 Å². The van der Waals surface area contributed by atoms with Crippen molar-refractivity contribution in [2.75, 3.05) is 11.4 Å². The second kappa shape index (κ2) is 7.13. The van der Waals surface area contributed by atoms with E-state index in [0.29, 0.717) is 23.8 Å². The van der Waals surface area contributed by atoms with Crippen LogP contribution in [0.5, 0.6) is 5.75 Å². The summed E-state index contributed by atoms with van der Waals surface area (Å²) in [5, 5.41) is 11.8. The van der Waals surface area contributed by atoms with Gasteiger partial charge in [-0.15, -0.1) is 0 Å². The second-order valence-electron chi connectivity index (χ2n) is 6.61. The zero-order valence-corrected chi connectivity index (χ0v) is 14.1. The van der Waals surface area contributed by atoms with Gasteiger partial charge in [0.15, 0.2) is 6.10 Å². The predicted molar refractivity (Wildman–Crippen MR) is 90.4 cm³/mol. The first kappa shape index (κ1) is 17.3. The molecule has 0 radical (unpaired) electrons. The molecule has 2 aliphatic rings. The number of hydrogen-bond donors (Lipinski definition) is 2. The Morgan fingerprint density at radius 1 is 1.36 bits per heavy atom. The van der Waals surface area contributed by atoms with Crippen molar-refractivity contribution in [3.63, 3.8) is 0 Å². The molecule has 1 aromatic carbocycles. The number of nitrogens with one attached hydrogen (secondary N) is 1. The number of hydrogen-bond acceptors (Lipinski definition) is 4. The molecule has 1 fully saturated rings. The average Bonchev–Trinajstić information content (AvgIpc) is 3.38. The van der Waals surface area contributed by atoms with Crippen LogP contribution >= 0.6 is 0 Å². The lowest BCUT2D eigenvalue weighted by atomic mass is 10.1. The van der Waals surface area contributed by atoms with E-state index in [1.165, 1.54) is 4.90 Å². The number of carbonyl (C=O) groups is 3. The minimum absolute atomic E-state index is 0.0429. The third-order valence-electron chi connectivity index (χ3n) is 4.54. The maximum absolute atomic E-state index is 12.4. The molecule has 7 nitrogen and oxygen atoms in total. The van der Waals surface area contributed by atoms with Crippen molar-refractivity contribution in [3.8, 4) is 5.75 Å². The van der Waals surface area contributed by atoms with Gasteiger partial charge in [0.25, 0.3) is 5.91 Å². The lowest BCUT2D eigenvalue weighted by molar-refractivity contribution is -0.142. The fourth-order valence-corrected chi connectivity index (χ4v) is 2.98. The van der Waals surface area contributed by atoms with E-state index in [1.54, 1.807) is 25.1 Å². The molecule has 2 atom stereocenters. The maximum atomic E-state index is 12.4. The number of rotatable bonds is 7. The fraction of sp³-hybridized carbons (Fsp3) is 0.500. The zero-order valence-electron chi connectivity index (χ0n) is 14.1. The monoisotopic (exact) mass is 346 g/mol. The Morgan fingerprint density at radius 2 is 2.08 bits per heavy atom. The van der Waals surface area contributed by atoms with Crippen molar-refractivity contribution in [1.82, 2.24) is 5.32 Å². The SMILES string of the molecule is CC1Oc2ccccc2N(CCC(=O)NC(CC2CC2)C(=O)O)C1=O. The van der Waals surface area contributed by atoms with E-state index in [9.17, 15) is 19.5 Å². The number of fused-ring (bicyclic) bond motifs is 1. The summed E-state index contributed by atoms with van der Waals surface area (Å²) in [6, 6.07) is 6.31. The number of carboxylic acids is 1. The van der Waals surface area contributed by atoms with Crippen LogP contribution < -0.4 is 15.0 Å². The minimum atomic E-state index is -1.01. The summed E-state index contributed by atoms with van der Waals surface area (Å²) in [6.07, 6.45) is 1.95. The van der Waals surface area contributed by atoms with Crippen LogP contribution in [0.3, 0.4) is 0 Å². The molecule has 0 saturated heterocycles. The molecule has 7 heteroatoms. The maximum Gasteiger partial charge on any atom is 0.326 e. The van der Waals surface area contributed by atoms with Gasteiger partial charge in [-0.3, -0.25) is 9.59 Å². The van der Waals surface area contributed by atoms with Crippen LogP contribution in [0.2, 0.25) is 0 Å². The lowest BCUT2D eigenvalue weighted by Crippen LogP contribution is -2.47. The summed E-state index contributed by atoms with van der Waals surface area (Å²) in [5.74, 6) is -0.583. The zero-order chi connectivity index (χ0) is 18.0. The first-order chi connectivity index (χ1) is 12.0. The number of amides is 2. The Labute approximate surface area is 146 Å². The Morgan fingerprint density at radius 3 is 2.76 bits per heavy atom. The van der Waals surface area contributed by atoms with Crippen molar-refractivity contribution < 1.29 is 24.2 Å². The van der Waals surface area contributed by atoms with Crippen LogP contribution in [0, 0.1) is 5.92 Å². The van der Waals surface area contributed by atoms with Gasteiger partial charge in [0.05, 0.1) is 5.69 Å². The van der Waals surface area contributed by atoms with E-state index in [2.05, 4.69) is 5.32 Å². The molecule has 2 unspecified atom stereocenters. The van der Waals surface area contributed by atoms with E-state index >= 15 is 0 Å². The van der Waals surface area contributed by atoms with E-state index < -0.39 is 18.1 Å². The summed E-state index contributed by atoms with van der Waals surface area (Å²) >= 11 is 0. The van der Waals surface area contributed by atoms with Crippen LogP contribution in [0.15, 0.2) is 24.3 Å². The van der Waals surface area contributed by atoms with Crippen molar-refractivity contribution in [3.05, 3.63) is 24.3 Å². The first-order valence-corrected chi connectivity index (χ1v) is 8.55. The molecule has 25 heavy (non-hydrogen) atoms. The fourth-order valence-electron chi connectivity index (χ4n) is 2.98. The van der Waals surface area contributed by atoms with Crippen LogP contribution in [0.25, 0.3) is 0 Å². The molecule has 1 aromatic rings. The second-order valence-corrected chi connectivity index (χ2v) is 6.61. The number of anilines is 1. The summed E-state index contributed by atoms with van der Waals surface area (Å²) in [7, 11) is 0. The van der Waals surface area contributed by atoms with Crippen molar-refractivity contribution in [2.24, 2.45) is 5.92 Å². The minimum Gasteiger partial charge on any atom is -0.480 e. The highest BCUT2D eigenvalue weighted by atomic mass is 16.5. The van der Waals surface area contributed by atoms with E-state index in [4.69, 9.17) is 4.74 Å². The van der Waals surface area contributed by atoms with Gasteiger partial charge < -0.3 is 20.1 Å². The number of para-hydroxylation sites is 2. The van der Waals surface area contributed by atoms with Gasteiger partial charge >= 0.3 is 5.97 Å². The molecule has 1 heterocycles. The molecule has 0 spiro atoms. The van der Waals surface area contributed by atoms with Crippen LogP contribution in [-0.2, 0) is 14.4 Å². The summed E-state index contributed by atoms with van der Waals surface area (Å²) < 4.78 is 5.56. The van der Waals surface area contributed by atoms with E-state index in [-0.39, 0.29) is 24.8 Å². The summed E-state index contributed by atoms with van der Waals surface area (Å²) in [6.45, 7) is 1.85. The molecule has 1 aliphatic carbocycles. The Hall–Kier alpha value is -2.57. The van der Waals surface area contributed by atoms with Gasteiger partial charge in [-0.25, -0.2) is 4.79 Å². The Kier molecular flexibility index (Phi) is 4.92. The quantitative estimate of drug-likeness (QED) is 0.781. The molecule has 1 saturated carbocycles. The topological polar surface area (TPSA) is 95.9 Å². The molecule has 0 aromatic heterocycles. The Balaban J connectivity index is 1.61. The molecule has 1 aliphatic heterocycles. The highest BCUT2D eigenvalue weighted by Gasteiger charge is 2.33. The first-order valence-electron chi connectivity index (χ1n) is 8.55. The average molecular weight is 346 g/mol. The number of benzene rings is 1. The van der Waals surface area contributed by atoms with Crippen LogP contribution in [0.1, 0.15) is 32.6 Å². The number of carbonyl (C=O) groups excluding carboxylic acids is 2. The number of nitrogens with zero attached hydrogens (tertiary/aromatic N) is 1. The lowest BCUT2D eigenvalue weighted by Gasteiger charge is -2.32. The third-order valence-corrected chi connectivity index (χ3v) is 4.54. The van der Waals surface area contributed by atoms with Gasteiger partial charge in [-0.2, -0.15) is 0 Å². The van der Waals surface area contributed by atoms with E-state index in [1.807, 2.05) is 6.07 Å². The number of ether oxygens (including phenoxy) is 1. The molecular formula is C18H22N2O5. The molecule has 2 N–H and O–H groups in total. The summed E-state index contributed by atoms with van der Waals surface area (Å²) in [4.78, 5) is 37.3. The molecular weight excluding hydrogens is 324 g/mol. The van der Waals surface area contributed by atoms with Crippen molar-refractivity contribution >= 4 is 23.5 Å². The van der Waals surface area contributed by atoms with Gasteiger partial charge in [0.2, 0.25) is 5.91 Å². The smallest absolute Gasteiger partial charge is 0.326 e. The normalized spacial score (nSPS) is 20.4. The van der Waals surface area contributed by atoms with Gasteiger partial charge in [0, 0.05) is 13.0 Å². The highest BCUT2D eigenvalue weighted by molar-refractivity contribution is 6.00. The molecule has 3 rings (SSSR count). The molecule has 0 bridgehead atoms. The molecule has 2 amide bonds. The number of aliphatic carboxylic acids is 1. The largest absolute Gasteiger partial charge is 0.480 e. The van der Waals surface area contributed by atoms with E-state index in [0.717, 1.165) is 12.8 Å². The van der Waals surface area contributed by atoms with Gasteiger partial charge in [0.1, 0.15) is 11.8 Å². The van der Waals surface area contributed by atoms with Crippen molar-refractivity contribution in [2.45, 2.75) is 44.8 Å². The third kappa shape index (κ3) is 4.10. The van der Waals surface area contributed by atoms with Crippen molar-refractivity contribution in [1.29, 1.82) is 0 Å². The van der Waals surface area contributed by atoms with Gasteiger partial charge in [-0.1, -0.05) is 25.0 Å².